The third-order valence-corrected chi connectivity index (χ3v) is 4.33. The van der Waals surface area contributed by atoms with Gasteiger partial charge in [0.15, 0.2) is 0 Å². The Morgan fingerprint density at radius 2 is 1.26 bits per heavy atom. The maximum atomic E-state index is 4.91. The van der Waals surface area contributed by atoms with Crippen LogP contribution in [0, 0.1) is 27.7 Å². The molecule has 0 N–H and O–H groups in total. The minimum absolute atomic E-state index is 0. The quantitative estimate of drug-likeness (QED) is 0.226. The van der Waals surface area contributed by atoms with Crippen molar-refractivity contribution in [3.63, 3.8) is 0 Å². The van der Waals surface area contributed by atoms with Crippen LogP contribution >= 0.6 is 0 Å². The van der Waals surface area contributed by atoms with Crippen molar-refractivity contribution in [3.05, 3.63) is 58.7 Å². The molecule has 27 heavy (non-hydrogen) atoms. The fourth-order valence-corrected chi connectivity index (χ4v) is 3.24. The predicted molar refractivity (Wildman–Crippen MR) is 116 cm³/mol. The first-order chi connectivity index (χ1) is 12.5. The molecule has 0 aromatic heterocycles. The standard InChI is InChI=1S/C24H32N2.Pd/c1-6-7-8-9-10-22(26-24-15-20(4)12-21(5)16-24)17-25-23-13-18(2)11-19(3)14-23;/h11-17H,6-10H2,1-5H3;/b25-17+,26-22+;. The number of unbranched alkanes of at least 4 members (excludes halogenated alkanes) is 3. The summed E-state index contributed by atoms with van der Waals surface area (Å²) in [5.41, 5.74) is 8.08. The van der Waals surface area contributed by atoms with Crippen LogP contribution in [0.2, 0.25) is 0 Å². The smallest absolute Gasteiger partial charge is 0.0638 e. The van der Waals surface area contributed by atoms with E-state index in [1.165, 1.54) is 41.5 Å². The molecule has 0 saturated heterocycles. The van der Waals surface area contributed by atoms with Gasteiger partial charge >= 0.3 is 0 Å². The van der Waals surface area contributed by atoms with Crippen molar-refractivity contribution < 1.29 is 20.4 Å². The Kier molecular flexibility index (Phi) is 10.4. The summed E-state index contributed by atoms with van der Waals surface area (Å²) >= 11 is 0. The van der Waals surface area contributed by atoms with Crippen molar-refractivity contribution in [2.45, 2.75) is 66.7 Å². The molecule has 0 atom stereocenters. The van der Waals surface area contributed by atoms with Crippen molar-refractivity contribution in [2.75, 3.05) is 0 Å². The second-order valence-electron chi connectivity index (χ2n) is 7.36. The summed E-state index contributed by atoms with van der Waals surface area (Å²) in [6, 6.07) is 12.9. The van der Waals surface area contributed by atoms with Gasteiger partial charge in [0.25, 0.3) is 0 Å². The van der Waals surface area contributed by atoms with Crippen LogP contribution in [0.3, 0.4) is 0 Å². The topological polar surface area (TPSA) is 24.7 Å². The molecule has 0 bridgehead atoms. The van der Waals surface area contributed by atoms with Crippen LogP contribution in [0.15, 0.2) is 46.4 Å². The van der Waals surface area contributed by atoms with E-state index < -0.39 is 0 Å². The van der Waals surface area contributed by atoms with Gasteiger partial charge in [0.05, 0.1) is 17.1 Å². The van der Waals surface area contributed by atoms with Gasteiger partial charge in [0.2, 0.25) is 0 Å². The van der Waals surface area contributed by atoms with E-state index in [1.807, 2.05) is 6.21 Å². The summed E-state index contributed by atoms with van der Waals surface area (Å²) in [5.74, 6) is 0. The first-order valence-electron chi connectivity index (χ1n) is 9.74. The Labute approximate surface area is 178 Å². The molecule has 0 spiro atoms. The van der Waals surface area contributed by atoms with Crippen LogP contribution in [0.1, 0.15) is 61.3 Å². The molecule has 148 valence electrons. The summed E-state index contributed by atoms with van der Waals surface area (Å²) in [4.78, 5) is 9.62. The van der Waals surface area contributed by atoms with Gasteiger partial charge in [-0.1, -0.05) is 38.3 Å². The number of aliphatic imine (C=N–C) groups is 2. The number of aryl methyl sites for hydroxylation is 4. The number of rotatable bonds is 8. The van der Waals surface area contributed by atoms with Crippen molar-refractivity contribution in [1.82, 2.24) is 0 Å². The van der Waals surface area contributed by atoms with E-state index in [0.717, 1.165) is 29.9 Å². The van der Waals surface area contributed by atoms with Crippen molar-refractivity contribution in [3.8, 4) is 0 Å². The second kappa shape index (κ2) is 12.0. The number of benzene rings is 2. The minimum Gasteiger partial charge on any atom is -0.255 e. The Hall–Kier alpha value is -1.56. The molecule has 0 saturated carbocycles. The maximum Gasteiger partial charge on any atom is 0.0638 e. The number of nitrogens with zero attached hydrogens (tertiary/aromatic N) is 2. The Balaban J connectivity index is 0.00000364. The Morgan fingerprint density at radius 3 is 1.78 bits per heavy atom. The van der Waals surface area contributed by atoms with Crippen LogP contribution in [-0.4, -0.2) is 11.9 Å². The van der Waals surface area contributed by atoms with Gasteiger partial charge in [-0.15, -0.1) is 0 Å². The molecule has 0 fully saturated rings. The average molecular weight is 455 g/mol. The van der Waals surface area contributed by atoms with E-state index in [-0.39, 0.29) is 20.4 Å². The van der Waals surface area contributed by atoms with Crippen LogP contribution in [0.4, 0.5) is 11.4 Å². The molecule has 3 heteroatoms. The predicted octanol–water partition coefficient (Wildman–Crippen LogP) is 7.36. The van der Waals surface area contributed by atoms with Gasteiger partial charge < -0.3 is 0 Å². The number of hydrogen-bond acceptors (Lipinski definition) is 2. The summed E-state index contributed by atoms with van der Waals surface area (Å²) in [6.07, 6.45) is 7.88. The van der Waals surface area contributed by atoms with Crippen LogP contribution in [-0.2, 0) is 20.4 Å². The maximum absolute atomic E-state index is 4.91. The van der Waals surface area contributed by atoms with Crippen LogP contribution in [0.5, 0.6) is 0 Å². The van der Waals surface area contributed by atoms with E-state index in [1.54, 1.807) is 0 Å². The minimum atomic E-state index is 0. The molecule has 2 aromatic carbocycles. The molecule has 0 radical (unpaired) electrons. The zero-order valence-electron chi connectivity index (χ0n) is 17.3. The van der Waals surface area contributed by atoms with Gasteiger partial charge in [-0.05, 0) is 87.1 Å². The normalized spacial score (nSPS) is 11.7. The SMILES string of the molecule is CCCCCCC(/C=N/c1cc(C)cc(C)c1)=N\c1cc(C)cc(C)c1.[Pd]. The molecule has 0 aliphatic rings. The van der Waals surface area contributed by atoms with E-state index in [4.69, 9.17) is 9.98 Å². The summed E-state index contributed by atoms with van der Waals surface area (Å²) < 4.78 is 0. The molecular weight excluding hydrogens is 423 g/mol. The van der Waals surface area contributed by atoms with E-state index in [0.29, 0.717) is 0 Å². The van der Waals surface area contributed by atoms with E-state index in [9.17, 15) is 0 Å². The number of hydrogen-bond donors (Lipinski definition) is 0. The van der Waals surface area contributed by atoms with Crippen LogP contribution < -0.4 is 0 Å². The second-order valence-corrected chi connectivity index (χ2v) is 7.36. The molecule has 2 nitrogen and oxygen atoms in total. The summed E-state index contributed by atoms with van der Waals surface area (Å²) in [6.45, 7) is 10.7. The van der Waals surface area contributed by atoms with Crippen molar-refractivity contribution >= 4 is 23.3 Å². The van der Waals surface area contributed by atoms with Gasteiger partial charge in [-0.2, -0.15) is 0 Å². The molecule has 0 amide bonds. The Bertz CT molecular complexity index is 750. The van der Waals surface area contributed by atoms with Gasteiger partial charge in [0.1, 0.15) is 0 Å². The molecule has 0 unspecified atom stereocenters. The monoisotopic (exact) mass is 454 g/mol. The molecule has 2 rings (SSSR count). The average Bonchev–Trinajstić information content (AvgIpc) is 2.54. The molecule has 0 heterocycles. The van der Waals surface area contributed by atoms with Gasteiger partial charge in [-0.25, -0.2) is 0 Å². The van der Waals surface area contributed by atoms with Gasteiger partial charge in [0, 0.05) is 26.6 Å². The fourth-order valence-electron chi connectivity index (χ4n) is 3.24. The third-order valence-electron chi connectivity index (χ3n) is 4.33. The first kappa shape index (κ1) is 23.5. The molecule has 0 aliphatic carbocycles. The Morgan fingerprint density at radius 1 is 0.741 bits per heavy atom. The summed E-state index contributed by atoms with van der Waals surface area (Å²) in [7, 11) is 0. The largest absolute Gasteiger partial charge is 0.255 e. The zero-order chi connectivity index (χ0) is 18.9. The van der Waals surface area contributed by atoms with Crippen LogP contribution in [0.25, 0.3) is 0 Å². The molecule has 2 aromatic rings. The summed E-state index contributed by atoms with van der Waals surface area (Å²) in [5, 5.41) is 0. The third kappa shape index (κ3) is 8.78. The molecule has 0 aliphatic heterocycles. The van der Waals surface area contributed by atoms with E-state index in [2.05, 4.69) is 71.0 Å². The first-order valence-corrected chi connectivity index (χ1v) is 9.74. The molecular formula is C24H32N2Pd. The van der Waals surface area contributed by atoms with Crippen molar-refractivity contribution in [2.24, 2.45) is 9.98 Å². The van der Waals surface area contributed by atoms with E-state index >= 15 is 0 Å². The van der Waals surface area contributed by atoms with Crippen molar-refractivity contribution in [1.29, 1.82) is 0 Å². The fraction of sp³-hybridized carbons (Fsp3) is 0.417. The zero-order valence-corrected chi connectivity index (χ0v) is 18.8. The van der Waals surface area contributed by atoms with Gasteiger partial charge in [-0.3, -0.25) is 9.98 Å².